The summed E-state index contributed by atoms with van der Waals surface area (Å²) in [5.41, 5.74) is 4.56. The van der Waals surface area contributed by atoms with Crippen LogP contribution < -0.4 is 10.5 Å². The molecule has 0 aromatic heterocycles. The number of rotatable bonds is 5. The van der Waals surface area contributed by atoms with Crippen LogP contribution in [0.4, 0.5) is 0 Å². The van der Waals surface area contributed by atoms with E-state index < -0.39 is 17.9 Å². The second kappa shape index (κ2) is 12.9. The Balaban J connectivity index is 0. The van der Waals surface area contributed by atoms with Gasteiger partial charge in [0.1, 0.15) is 17.9 Å². The van der Waals surface area contributed by atoms with Crippen LogP contribution in [0.5, 0.6) is 5.75 Å². The SMILES string of the molecule is CC(=O)Oc1ccccc1C(=O)O.C[N+](C)(C)CCO.NCC(=O)O. The van der Waals surface area contributed by atoms with Crippen molar-refractivity contribution in [1.82, 2.24) is 0 Å². The number of aliphatic hydroxyl groups is 1. The van der Waals surface area contributed by atoms with E-state index >= 15 is 0 Å². The van der Waals surface area contributed by atoms with Crippen LogP contribution in [0.2, 0.25) is 0 Å². The molecule has 0 fully saturated rings. The van der Waals surface area contributed by atoms with Gasteiger partial charge in [-0.25, -0.2) is 4.79 Å². The Morgan fingerprint density at radius 1 is 1.12 bits per heavy atom. The van der Waals surface area contributed by atoms with Crippen LogP contribution in [0.25, 0.3) is 0 Å². The number of nitrogens with zero attached hydrogens (tertiary/aromatic N) is 1. The summed E-state index contributed by atoms with van der Waals surface area (Å²) in [5, 5.41) is 24.7. The number of esters is 1. The molecule has 0 amide bonds. The summed E-state index contributed by atoms with van der Waals surface area (Å²) < 4.78 is 5.53. The number of para-hydroxylation sites is 1. The molecule has 0 radical (unpaired) electrons. The average molecular weight is 359 g/mol. The Morgan fingerprint density at radius 3 is 1.88 bits per heavy atom. The van der Waals surface area contributed by atoms with Crippen LogP contribution in [0, 0.1) is 0 Å². The van der Waals surface area contributed by atoms with Crippen molar-refractivity contribution < 1.29 is 38.9 Å². The molecular weight excluding hydrogens is 332 g/mol. The zero-order chi connectivity index (χ0) is 20.0. The largest absolute Gasteiger partial charge is 0.480 e. The highest BCUT2D eigenvalue weighted by Crippen LogP contribution is 2.17. The number of aromatic carboxylic acids is 1. The maximum absolute atomic E-state index is 10.6. The van der Waals surface area contributed by atoms with Crippen molar-refractivity contribution in [3.63, 3.8) is 0 Å². The van der Waals surface area contributed by atoms with Crippen molar-refractivity contribution in [2.45, 2.75) is 6.92 Å². The minimum absolute atomic E-state index is 0.0160. The van der Waals surface area contributed by atoms with Crippen molar-refractivity contribution in [2.24, 2.45) is 5.73 Å². The normalized spacial score (nSPS) is 9.68. The van der Waals surface area contributed by atoms with E-state index in [9.17, 15) is 14.4 Å². The predicted octanol–water partition coefficient (Wildman–Crippen LogP) is 0.0247. The Morgan fingerprint density at radius 2 is 1.60 bits per heavy atom. The summed E-state index contributed by atoms with van der Waals surface area (Å²) in [6, 6.07) is 5.98. The van der Waals surface area contributed by atoms with E-state index in [0.29, 0.717) is 0 Å². The summed E-state index contributed by atoms with van der Waals surface area (Å²) >= 11 is 0. The van der Waals surface area contributed by atoms with E-state index in [0.717, 1.165) is 11.0 Å². The third kappa shape index (κ3) is 16.2. The smallest absolute Gasteiger partial charge is 0.339 e. The predicted molar refractivity (Wildman–Crippen MR) is 91.4 cm³/mol. The Bertz CT molecular complexity index is 554. The highest BCUT2D eigenvalue weighted by Gasteiger charge is 2.11. The Labute approximate surface area is 146 Å². The number of carboxylic acid groups (broad SMARTS) is 2. The summed E-state index contributed by atoms with van der Waals surface area (Å²) in [5.74, 6) is -2.54. The quantitative estimate of drug-likeness (QED) is 0.327. The van der Waals surface area contributed by atoms with E-state index in [4.69, 9.17) is 15.3 Å². The molecule has 0 unspecified atom stereocenters. The second-order valence-electron chi connectivity index (χ2n) is 5.73. The zero-order valence-electron chi connectivity index (χ0n) is 14.9. The van der Waals surface area contributed by atoms with Gasteiger partial charge in [0.25, 0.3) is 0 Å². The number of likely N-dealkylation sites (N-methyl/N-ethyl adjacent to an activating group) is 1. The number of aliphatic hydroxyl groups excluding tert-OH is 1. The van der Waals surface area contributed by atoms with Crippen LogP contribution >= 0.6 is 0 Å². The molecular formula is C16H27N2O7+. The number of carboxylic acids is 2. The van der Waals surface area contributed by atoms with Gasteiger partial charge in [-0.05, 0) is 12.1 Å². The summed E-state index contributed by atoms with van der Waals surface area (Å²) in [7, 11) is 6.16. The van der Waals surface area contributed by atoms with Crippen molar-refractivity contribution in [1.29, 1.82) is 0 Å². The molecule has 5 N–H and O–H groups in total. The molecule has 0 aliphatic heterocycles. The van der Waals surface area contributed by atoms with Gasteiger partial charge in [0.2, 0.25) is 0 Å². The van der Waals surface area contributed by atoms with Crippen LogP contribution in [0.15, 0.2) is 24.3 Å². The van der Waals surface area contributed by atoms with Crippen LogP contribution in [-0.4, -0.2) is 78.5 Å². The first-order valence-electron chi connectivity index (χ1n) is 7.28. The van der Waals surface area contributed by atoms with Gasteiger partial charge >= 0.3 is 17.9 Å². The Kier molecular flexibility index (Phi) is 12.8. The van der Waals surface area contributed by atoms with E-state index in [1.807, 2.05) is 0 Å². The lowest BCUT2D eigenvalue weighted by Gasteiger charge is -2.21. The number of carbonyl (C=O) groups is 3. The molecule has 0 saturated carbocycles. The molecule has 1 rings (SSSR count). The fraction of sp³-hybridized carbons (Fsp3) is 0.438. The molecule has 142 valence electrons. The monoisotopic (exact) mass is 359 g/mol. The number of hydrogen-bond acceptors (Lipinski definition) is 6. The van der Waals surface area contributed by atoms with Crippen molar-refractivity contribution in [3.05, 3.63) is 29.8 Å². The number of quaternary nitrogens is 1. The average Bonchev–Trinajstić information content (AvgIpc) is 2.47. The third-order valence-corrected chi connectivity index (χ3v) is 2.32. The third-order valence-electron chi connectivity index (χ3n) is 2.32. The van der Waals surface area contributed by atoms with Gasteiger partial charge in [-0.2, -0.15) is 0 Å². The van der Waals surface area contributed by atoms with Gasteiger partial charge in [0.05, 0.1) is 34.3 Å². The zero-order valence-corrected chi connectivity index (χ0v) is 14.9. The molecule has 0 saturated heterocycles. The standard InChI is InChI=1S/C9H8O4.C5H14NO.C2H5NO2/c1-6(10)13-8-5-3-2-4-7(8)9(11)12;1-6(2,3)4-5-7;3-1-2(4)5/h2-5H,1H3,(H,11,12);7H,4-5H2,1-3H3;1,3H2,(H,4,5)/q;+1;. The molecule has 0 aliphatic carbocycles. The molecule has 0 spiro atoms. The highest BCUT2D eigenvalue weighted by molar-refractivity contribution is 5.91. The number of ether oxygens (including phenoxy) is 1. The number of benzene rings is 1. The number of nitrogens with two attached hydrogens (primary N) is 1. The molecule has 0 atom stereocenters. The maximum atomic E-state index is 10.6. The van der Waals surface area contributed by atoms with Gasteiger partial charge < -0.3 is 30.3 Å². The minimum atomic E-state index is -1.11. The lowest BCUT2D eigenvalue weighted by molar-refractivity contribution is -0.870. The molecule has 0 aliphatic rings. The fourth-order valence-corrected chi connectivity index (χ4v) is 1.19. The molecule has 0 bridgehead atoms. The maximum Gasteiger partial charge on any atom is 0.339 e. The molecule has 9 heteroatoms. The topological polar surface area (TPSA) is 147 Å². The highest BCUT2D eigenvalue weighted by atomic mass is 16.5. The van der Waals surface area contributed by atoms with Gasteiger partial charge in [-0.1, -0.05) is 12.1 Å². The summed E-state index contributed by atoms with van der Waals surface area (Å²) in [4.78, 5) is 30.4. The number of carbonyl (C=O) groups excluding carboxylic acids is 1. The number of aliphatic carboxylic acids is 1. The van der Waals surface area contributed by atoms with Gasteiger partial charge in [0, 0.05) is 6.92 Å². The van der Waals surface area contributed by atoms with Crippen LogP contribution in [-0.2, 0) is 9.59 Å². The lowest BCUT2D eigenvalue weighted by atomic mass is 10.2. The Hall–Kier alpha value is -2.49. The molecule has 25 heavy (non-hydrogen) atoms. The van der Waals surface area contributed by atoms with E-state index in [1.54, 1.807) is 12.1 Å². The van der Waals surface area contributed by atoms with Crippen LogP contribution in [0.3, 0.4) is 0 Å². The van der Waals surface area contributed by atoms with E-state index in [1.165, 1.54) is 19.1 Å². The molecule has 9 nitrogen and oxygen atoms in total. The first-order valence-corrected chi connectivity index (χ1v) is 7.28. The van der Waals surface area contributed by atoms with E-state index in [2.05, 4.69) is 31.6 Å². The van der Waals surface area contributed by atoms with Crippen molar-refractivity contribution in [3.8, 4) is 5.75 Å². The van der Waals surface area contributed by atoms with Gasteiger partial charge in [-0.3, -0.25) is 9.59 Å². The molecule has 1 aromatic carbocycles. The van der Waals surface area contributed by atoms with Crippen molar-refractivity contribution >= 4 is 17.9 Å². The van der Waals surface area contributed by atoms with E-state index in [-0.39, 0.29) is 24.5 Å². The first kappa shape index (κ1) is 24.8. The van der Waals surface area contributed by atoms with Crippen LogP contribution in [0.1, 0.15) is 17.3 Å². The van der Waals surface area contributed by atoms with Crippen molar-refractivity contribution in [2.75, 3.05) is 40.8 Å². The summed E-state index contributed by atoms with van der Waals surface area (Å²) in [6.45, 7) is 2.06. The number of hydrogen-bond donors (Lipinski definition) is 4. The van der Waals surface area contributed by atoms with Gasteiger partial charge in [-0.15, -0.1) is 0 Å². The second-order valence-corrected chi connectivity index (χ2v) is 5.73. The summed E-state index contributed by atoms with van der Waals surface area (Å²) in [6.07, 6.45) is 0. The molecule has 1 aromatic rings. The van der Waals surface area contributed by atoms with Gasteiger partial charge in [0.15, 0.2) is 0 Å². The molecule has 0 heterocycles. The minimum Gasteiger partial charge on any atom is -0.480 e. The first-order chi connectivity index (χ1) is 11.4. The fourth-order valence-electron chi connectivity index (χ4n) is 1.19. The lowest BCUT2D eigenvalue weighted by Crippen LogP contribution is -2.36.